The first-order valence-corrected chi connectivity index (χ1v) is 5.84. The SMILES string of the molecule is CCC1(SCCCl)N(C)N=NN1Cl. The Bertz CT molecular complexity index is 189. The normalized spacial score (nSPS) is 27.4. The zero-order valence-corrected chi connectivity index (χ0v) is 9.90. The summed E-state index contributed by atoms with van der Waals surface area (Å²) in [6.07, 6.45) is 0.835. The van der Waals surface area contributed by atoms with Crippen LogP contribution in [0.1, 0.15) is 13.3 Å². The second-order valence-electron chi connectivity index (χ2n) is 2.60. The van der Waals surface area contributed by atoms with Crippen LogP contribution in [0.2, 0.25) is 0 Å². The molecular formula is C6H12Cl2N4S. The van der Waals surface area contributed by atoms with Gasteiger partial charge in [-0.2, -0.15) is 0 Å². The van der Waals surface area contributed by atoms with E-state index in [4.69, 9.17) is 23.4 Å². The van der Waals surface area contributed by atoms with Gasteiger partial charge in [-0.1, -0.05) is 6.92 Å². The van der Waals surface area contributed by atoms with Gasteiger partial charge < -0.3 is 0 Å². The van der Waals surface area contributed by atoms with Crippen molar-refractivity contribution in [3.05, 3.63) is 0 Å². The Morgan fingerprint density at radius 3 is 2.54 bits per heavy atom. The molecule has 1 heterocycles. The summed E-state index contributed by atoms with van der Waals surface area (Å²) in [6, 6.07) is 0. The van der Waals surface area contributed by atoms with Gasteiger partial charge in [0, 0.05) is 36.9 Å². The third kappa shape index (κ3) is 1.97. The zero-order chi connectivity index (χ0) is 9.90. The Morgan fingerprint density at radius 1 is 1.46 bits per heavy atom. The lowest BCUT2D eigenvalue weighted by Gasteiger charge is -2.34. The lowest BCUT2D eigenvalue weighted by atomic mass is 10.4. The van der Waals surface area contributed by atoms with E-state index in [1.165, 1.54) is 4.53 Å². The first-order valence-electron chi connectivity index (χ1n) is 3.98. The highest BCUT2D eigenvalue weighted by Gasteiger charge is 2.43. The molecule has 0 saturated carbocycles. The van der Waals surface area contributed by atoms with E-state index in [2.05, 4.69) is 10.4 Å². The molecule has 13 heavy (non-hydrogen) atoms. The number of hydrogen-bond donors (Lipinski definition) is 0. The highest BCUT2D eigenvalue weighted by molar-refractivity contribution is 8.00. The summed E-state index contributed by atoms with van der Waals surface area (Å²) >= 11 is 13.2. The van der Waals surface area contributed by atoms with Gasteiger partial charge in [0.05, 0.1) is 0 Å². The molecule has 0 amide bonds. The average molecular weight is 243 g/mol. The van der Waals surface area contributed by atoms with E-state index in [1.807, 2.05) is 14.0 Å². The van der Waals surface area contributed by atoms with Gasteiger partial charge in [0.25, 0.3) is 0 Å². The summed E-state index contributed by atoms with van der Waals surface area (Å²) in [7, 11) is 1.86. The minimum absolute atomic E-state index is 0.365. The molecule has 1 aliphatic rings. The molecule has 1 atom stereocenters. The van der Waals surface area contributed by atoms with E-state index in [0.29, 0.717) is 5.88 Å². The van der Waals surface area contributed by atoms with Crippen LogP contribution in [0.3, 0.4) is 0 Å². The maximum Gasteiger partial charge on any atom is 0.210 e. The summed E-state index contributed by atoms with van der Waals surface area (Å²) in [4.78, 5) is -0.365. The quantitative estimate of drug-likeness (QED) is 0.562. The standard InChI is InChI=1S/C6H12Cl2N4S/c1-3-6(13-5-4-7)11(2)9-10-12(6)8/h3-5H2,1-2H3. The molecule has 0 aromatic rings. The lowest BCUT2D eigenvalue weighted by Crippen LogP contribution is -2.44. The van der Waals surface area contributed by atoms with Crippen LogP contribution in [-0.4, -0.2) is 33.2 Å². The van der Waals surface area contributed by atoms with E-state index in [0.717, 1.165) is 12.2 Å². The van der Waals surface area contributed by atoms with Crippen molar-refractivity contribution in [3.63, 3.8) is 0 Å². The Kier molecular flexibility index (Phi) is 3.94. The second kappa shape index (κ2) is 4.57. The Hall–Kier alpha value is 0.130. The molecule has 1 aliphatic heterocycles. The third-order valence-electron chi connectivity index (χ3n) is 1.92. The largest absolute Gasteiger partial charge is 0.242 e. The number of nitrogens with zero attached hydrogens (tertiary/aromatic N) is 4. The van der Waals surface area contributed by atoms with Crippen LogP contribution in [0, 0.1) is 0 Å². The number of halogens is 2. The molecule has 0 aromatic heterocycles. The first-order chi connectivity index (χ1) is 6.17. The molecule has 0 fully saturated rings. The van der Waals surface area contributed by atoms with Crippen molar-refractivity contribution < 1.29 is 0 Å². The smallest absolute Gasteiger partial charge is 0.210 e. The maximum absolute atomic E-state index is 5.93. The Morgan fingerprint density at radius 2 is 2.15 bits per heavy atom. The zero-order valence-electron chi connectivity index (χ0n) is 7.57. The molecule has 0 aliphatic carbocycles. The summed E-state index contributed by atoms with van der Waals surface area (Å²) < 4.78 is 1.37. The van der Waals surface area contributed by atoms with Gasteiger partial charge in [-0.3, -0.25) is 0 Å². The van der Waals surface area contributed by atoms with Gasteiger partial charge >= 0.3 is 0 Å². The van der Waals surface area contributed by atoms with E-state index in [9.17, 15) is 0 Å². The summed E-state index contributed by atoms with van der Waals surface area (Å²) in [5.41, 5.74) is 0. The van der Waals surface area contributed by atoms with Crippen LogP contribution in [-0.2, 0) is 0 Å². The summed E-state index contributed by atoms with van der Waals surface area (Å²) in [6.45, 7) is 2.05. The Labute approximate surface area is 92.3 Å². The molecule has 1 rings (SSSR count). The van der Waals surface area contributed by atoms with Gasteiger partial charge in [0.2, 0.25) is 4.99 Å². The fraction of sp³-hybridized carbons (Fsp3) is 1.00. The molecule has 76 valence electrons. The number of thioether (sulfide) groups is 1. The van der Waals surface area contributed by atoms with E-state index in [1.54, 1.807) is 16.8 Å². The van der Waals surface area contributed by atoms with Gasteiger partial charge in [0.1, 0.15) is 0 Å². The van der Waals surface area contributed by atoms with Crippen LogP contribution in [0.5, 0.6) is 0 Å². The van der Waals surface area contributed by atoms with E-state index >= 15 is 0 Å². The fourth-order valence-electron chi connectivity index (χ4n) is 1.16. The molecule has 0 bridgehead atoms. The number of hydrogen-bond acceptors (Lipinski definition) is 5. The maximum atomic E-state index is 5.93. The minimum atomic E-state index is -0.365. The van der Waals surface area contributed by atoms with Gasteiger partial charge in [-0.25, -0.2) is 5.01 Å². The van der Waals surface area contributed by atoms with Crippen molar-refractivity contribution in [2.24, 2.45) is 10.4 Å². The Balaban J connectivity index is 2.67. The van der Waals surface area contributed by atoms with Crippen LogP contribution >= 0.6 is 35.1 Å². The predicted octanol–water partition coefficient (Wildman–Crippen LogP) is 2.71. The number of rotatable bonds is 4. The molecule has 0 saturated heterocycles. The topological polar surface area (TPSA) is 31.2 Å². The highest BCUT2D eigenvalue weighted by Crippen LogP contribution is 2.41. The molecule has 4 nitrogen and oxygen atoms in total. The van der Waals surface area contributed by atoms with Crippen molar-refractivity contribution in [2.75, 3.05) is 18.7 Å². The van der Waals surface area contributed by atoms with Gasteiger partial charge in [-0.05, 0) is 10.4 Å². The molecule has 7 heteroatoms. The van der Waals surface area contributed by atoms with Gasteiger partial charge in [-0.15, -0.1) is 27.9 Å². The molecule has 1 unspecified atom stereocenters. The average Bonchev–Trinajstić information content (AvgIpc) is 2.42. The van der Waals surface area contributed by atoms with Crippen molar-refractivity contribution in [2.45, 2.75) is 18.3 Å². The first kappa shape index (κ1) is 11.2. The van der Waals surface area contributed by atoms with Crippen molar-refractivity contribution >= 4 is 35.1 Å². The lowest BCUT2D eigenvalue weighted by molar-refractivity contribution is 0.160. The summed E-state index contributed by atoms with van der Waals surface area (Å²) in [5.74, 6) is 1.43. The highest BCUT2D eigenvalue weighted by atomic mass is 35.5. The van der Waals surface area contributed by atoms with Crippen LogP contribution in [0.15, 0.2) is 10.4 Å². The van der Waals surface area contributed by atoms with E-state index < -0.39 is 0 Å². The minimum Gasteiger partial charge on any atom is -0.242 e. The monoisotopic (exact) mass is 242 g/mol. The molecule has 0 radical (unpaired) electrons. The van der Waals surface area contributed by atoms with Crippen LogP contribution < -0.4 is 0 Å². The van der Waals surface area contributed by atoms with Crippen LogP contribution in [0.4, 0.5) is 0 Å². The molecular weight excluding hydrogens is 231 g/mol. The van der Waals surface area contributed by atoms with Crippen molar-refractivity contribution in [3.8, 4) is 0 Å². The third-order valence-corrected chi connectivity index (χ3v) is 4.37. The van der Waals surface area contributed by atoms with Gasteiger partial charge in [0.15, 0.2) is 0 Å². The number of alkyl halides is 1. The molecule has 0 N–H and O–H groups in total. The van der Waals surface area contributed by atoms with Crippen LogP contribution in [0.25, 0.3) is 0 Å². The molecule has 0 aromatic carbocycles. The fourth-order valence-corrected chi connectivity index (χ4v) is 2.78. The predicted molar refractivity (Wildman–Crippen MR) is 56.5 cm³/mol. The van der Waals surface area contributed by atoms with Crippen molar-refractivity contribution in [1.29, 1.82) is 0 Å². The molecule has 0 spiro atoms. The summed E-state index contributed by atoms with van der Waals surface area (Å²) in [5, 5.41) is 9.42. The van der Waals surface area contributed by atoms with Crippen molar-refractivity contribution in [1.82, 2.24) is 9.54 Å². The van der Waals surface area contributed by atoms with E-state index in [-0.39, 0.29) is 4.99 Å². The second-order valence-corrected chi connectivity index (χ2v) is 4.65.